The van der Waals surface area contributed by atoms with Crippen LogP contribution in [-0.2, 0) is 52.5 Å². The molecule has 0 fully saturated rings. The summed E-state index contributed by atoms with van der Waals surface area (Å²) in [4.78, 5) is 69.8. The predicted molar refractivity (Wildman–Crippen MR) is 330 cm³/mol. The number of nitrogens with one attached hydrogen (secondary N) is 2. The van der Waals surface area contributed by atoms with E-state index in [4.69, 9.17) is 61.6 Å². The van der Waals surface area contributed by atoms with Crippen LogP contribution < -0.4 is 16.4 Å². The number of hydrogen-bond donors (Lipinski definition) is 5. The number of nitrogens with zero attached hydrogens (tertiary/aromatic N) is 2. The maximum Gasteiger partial charge on any atom is 0.490 e. The maximum atomic E-state index is 12.8. The number of halogens is 3. The van der Waals surface area contributed by atoms with Gasteiger partial charge in [-0.05, 0) is 81.0 Å². The number of aliphatic hydroxyl groups is 1. The number of nitrogens with two attached hydrogens (primary N) is 1. The van der Waals surface area contributed by atoms with Crippen molar-refractivity contribution in [2.75, 3.05) is 60.8 Å². The Labute approximate surface area is 515 Å². The normalized spacial score (nSPS) is 12.5. The van der Waals surface area contributed by atoms with E-state index in [-0.39, 0.29) is 38.1 Å². The molecule has 6 N–H and O–H groups in total. The molecule has 0 saturated heterocycles. The predicted octanol–water partition coefficient (Wildman–Crippen LogP) is 12.4. The number of carbonyl (C=O) groups excluding carboxylic acids is 4. The fourth-order valence-corrected chi connectivity index (χ4v) is 6.99. The minimum absolute atomic E-state index is 0.146. The van der Waals surface area contributed by atoms with Crippen LogP contribution in [0.15, 0.2) is 120 Å². The number of ether oxygens (including phenoxy) is 6. The summed E-state index contributed by atoms with van der Waals surface area (Å²) in [5.41, 5.74) is 13.5. The van der Waals surface area contributed by atoms with E-state index < -0.39 is 60.8 Å². The number of amides is 2. The van der Waals surface area contributed by atoms with Crippen molar-refractivity contribution in [3.8, 4) is 0 Å². The summed E-state index contributed by atoms with van der Waals surface area (Å²) in [6.45, 7) is 17.5. The number of carbonyl (C=O) groups is 5. The van der Waals surface area contributed by atoms with Crippen LogP contribution in [0, 0.1) is 25.7 Å². The van der Waals surface area contributed by atoms with Crippen molar-refractivity contribution >= 4 is 41.5 Å². The Morgan fingerprint density at radius 1 is 0.621 bits per heavy atom. The molecule has 0 aliphatic heterocycles. The molecule has 0 saturated carbocycles. The molecule has 4 aromatic rings. The quantitative estimate of drug-likeness (QED) is 0.0103. The molecule has 488 valence electrons. The number of methoxy groups -OCH3 is 2. The number of unbranched alkanes of at least 4 members (excludes halogenated alkanes) is 2. The molecule has 0 bridgehead atoms. The second-order valence-electron chi connectivity index (χ2n) is 19.2. The van der Waals surface area contributed by atoms with E-state index >= 15 is 0 Å². The van der Waals surface area contributed by atoms with E-state index in [1.54, 1.807) is 59.3 Å². The highest BCUT2D eigenvalue weighted by atomic mass is 19.4. The zero-order chi connectivity index (χ0) is 67.6. The van der Waals surface area contributed by atoms with Crippen LogP contribution in [-0.4, -0.2) is 131 Å². The zero-order valence-corrected chi connectivity index (χ0v) is 52.6. The summed E-state index contributed by atoms with van der Waals surface area (Å²) in [7, 11) is 5.62. The lowest BCUT2D eigenvalue weighted by Crippen LogP contribution is -2.37. The van der Waals surface area contributed by atoms with E-state index in [9.17, 15) is 32.3 Å². The van der Waals surface area contributed by atoms with Gasteiger partial charge in [-0.15, -0.1) is 0 Å². The number of hydrogen-bond acceptors (Lipinski definition) is 17. The molecule has 4 aromatic carbocycles. The average molecular weight is 1240 g/mol. The zero-order valence-electron chi connectivity index (χ0n) is 54.6. The molecule has 2 unspecified atom stereocenters. The van der Waals surface area contributed by atoms with Gasteiger partial charge >= 0.3 is 36.3 Å². The SMILES string of the molecule is CC[C@H](C(=O)OC(OC(=O)NCCO/N=C(\CCCCOC)c1ccc(C)cc1)C(C)C)c1ccccc1.CO.COCCCC/C(=N\OCCNC(=O)OC(OC(=O)[C@@H](N)c1ccccc1)C(C)C)c1ccc(C)cc1.O=C(O)C(F)(F)F.[2H]CC.[3H]C. The van der Waals surface area contributed by atoms with Crippen LogP contribution in [0.2, 0.25) is 0 Å². The molecule has 0 spiro atoms. The van der Waals surface area contributed by atoms with E-state index in [1.807, 2.05) is 120 Å². The molecule has 0 aliphatic carbocycles. The van der Waals surface area contributed by atoms with Crippen molar-refractivity contribution in [3.63, 3.8) is 0 Å². The van der Waals surface area contributed by atoms with E-state index in [0.717, 1.165) is 73.7 Å². The first-order chi connectivity index (χ1) is 42.5. The third kappa shape index (κ3) is 36.2. The lowest BCUT2D eigenvalue weighted by molar-refractivity contribution is -0.192. The van der Waals surface area contributed by atoms with Gasteiger partial charge in [-0.3, -0.25) is 4.79 Å². The van der Waals surface area contributed by atoms with E-state index in [0.29, 0.717) is 32.1 Å². The first kappa shape index (κ1) is 77.4. The van der Waals surface area contributed by atoms with Crippen LogP contribution in [0.4, 0.5) is 22.8 Å². The number of aliphatic hydroxyl groups excluding tert-OH is 1. The van der Waals surface area contributed by atoms with Crippen LogP contribution in [0.25, 0.3) is 0 Å². The van der Waals surface area contributed by atoms with Gasteiger partial charge in [0.2, 0.25) is 0 Å². The van der Waals surface area contributed by atoms with Crippen molar-refractivity contribution < 1.29 is 88.2 Å². The van der Waals surface area contributed by atoms with Crippen molar-refractivity contribution in [3.05, 3.63) is 143 Å². The maximum absolute atomic E-state index is 12.8. The van der Waals surface area contributed by atoms with Crippen molar-refractivity contribution in [2.24, 2.45) is 27.9 Å². The number of benzene rings is 4. The van der Waals surface area contributed by atoms with Crippen LogP contribution in [0.3, 0.4) is 0 Å². The number of rotatable bonds is 31. The molecule has 4 rings (SSSR count). The molecular weight excluding hydrogens is 1140 g/mol. The van der Waals surface area contributed by atoms with Gasteiger partial charge in [-0.25, -0.2) is 19.2 Å². The average Bonchev–Trinajstić information content (AvgIpc) is 2.88. The Bertz CT molecular complexity index is 2550. The Morgan fingerprint density at radius 2 is 0.977 bits per heavy atom. The highest BCUT2D eigenvalue weighted by Crippen LogP contribution is 2.24. The number of aryl methyl sites for hydroxylation is 2. The number of alkyl carbamates (subject to hydrolysis) is 2. The highest BCUT2D eigenvalue weighted by molar-refractivity contribution is 6.00. The number of carboxylic acid groups (broad SMARTS) is 1. The second-order valence-corrected chi connectivity index (χ2v) is 19.2. The third-order valence-corrected chi connectivity index (χ3v) is 11.6. The first-order valence-corrected chi connectivity index (χ1v) is 28.2. The molecule has 0 aromatic heterocycles. The highest BCUT2D eigenvalue weighted by Gasteiger charge is 2.38. The van der Waals surface area contributed by atoms with Gasteiger partial charge in [0.1, 0.15) is 19.3 Å². The van der Waals surface area contributed by atoms with Gasteiger partial charge in [0.05, 0.1) is 30.4 Å². The van der Waals surface area contributed by atoms with E-state index in [1.165, 1.54) is 18.5 Å². The van der Waals surface area contributed by atoms with Crippen LogP contribution >= 0.6 is 0 Å². The Hall–Kier alpha value is -7.60. The molecule has 2 amide bonds. The van der Waals surface area contributed by atoms with Gasteiger partial charge in [0, 0.05) is 49.1 Å². The minimum atomic E-state index is -5.08. The number of esters is 2. The lowest BCUT2D eigenvalue weighted by atomic mass is 9.97. The van der Waals surface area contributed by atoms with Crippen molar-refractivity contribution in [1.29, 1.82) is 0 Å². The fourth-order valence-electron chi connectivity index (χ4n) is 6.99. The molecule has 4 atom stereocenters. The van der Waals surface area contributed by atoms with Gasteiger partial charge in [-0.1, -0.05) is 186 Å². The number of carboxylic acids is 1. The Morgan fingerprint density at radius 3 is 1.31 bits per heavy atom. The minimum Gasteiger partial charge on any atom is -0.475 e. The number of alkyl halides is 3. The molecule has 20 nitrogen and oxygen atoms in total. The van der Waals surface area contributed by atoms with E-state index in [2.05, 4.69) is 20.9 Å². The monoisotopic (exact) mass is 1230 g/mol. The molecule has 0 radical (unpaired) electrons. The lowest BCUT2D eigenvalue weighted by Gasteiger charge is -2.24. The van der Waals surface area contributed by atoms with Gasteiger partial charge < -0.3 is 64.7 Å². The molecule has 0 heterocycles. The van der Waals surface area contributed by atoms with Crippen LogP contribution in [0.5, 0.6) is 0 Å². The molecule has 87 heavy (non-hydrogen) atoms. The van der Waals surface area contributed by atoms with Gasteiger partial charge in [-0.2, -0.15) is 13.2 Å². The molecule has 23 heteroatoms. The fraction of sp³-hybridized carbons (Fsp3) is 0.516. The smallest absolute Gasteiger partial charge is 0.475 e. The summed E-state index contributed by atoms with van der Waals surface area (Å²) in [6.07, 6.45) is -2.81. The summed E-state index contributed by atoms with van der Waals surface area (Å²) >= 11 is 0. The number of aliphatic carboxylic acids is 1. The standard InChI is InChI=1S/C30H42N2O6.C28H39N3O6.C2HF3O2.C2H6.CH4O.CH4/c1-6-26(24-12-8-7-9-13-24)28(33)37-29(22(2)3)38-30(34)31-19-21-36-32-27(14-10-11-20-35-5)25-17-15-23(4)16-18-25;1-20(2)27(36-26(32)25(29)23-10-6-5-7-11-23)37-28(33)30-17-19-35-31-24(12-8-9-18-34-4)22-15-13-21(3)14-16-22;3-2(4,5)1(6)7;2*1-2;/h7-9,12-13,15-18,22,26,29H,6,10-11,14,19-21H2,1-5H3,(H,31,34);5-7,10-11,13-16,20,25,27H,8-9,12,17-19,29H2,1-4H3,(H,30,33);(H,6,7);1-2H3;2H,1H3;1H4/b32-27+;31-24+;;;;/t26-,29?;25-,27?;;;;/m00..../s1/i;;;1D;;1T. The van der Waals surface area contributed by atoms with Crippen LogP contribution in [0.1, 0.15) is 149 Å². The Balaban J connectivity index is 0. The van der Waals surface area contributed by atoms with Crippen molar-refractivity contribution in [2.45, 2.75) is 145 Å². The number of oxime groups is 2. The topological polar surface area (TPSA) is 274 Å². The Kier molecular flexibility index (Phi) is 43.2. The summed E-state index contributed by atoms with van der Waals surface area (Å²) in [5, 5.41) is 28.0. The summed E-state index contributed by atoms with van der Waals surface area (Å²) in [6, 6.07) is 33.5. The van der Waals surface area contributed by atoms with Gasteiger partial charge in [0.15, 0.2) is 0 Å². The molecule has 0 aliphatic rings. The largest absolute Gasteiger partial charge is 0.490 e. The first-order valence-electron chi connectivity index (χ1n) is 29.9. The summed E-state index contributed by atoms with van der Waals surface area (Å²) < 4.78 is 75.6. The van der Waals surface area contributed by atoms with Gasteiger partial charge in [0.25, 0.3) is 12.6 Å². The second kappa shape index (κ2) is 48.5. The third-order valence-electron chi connectivity index (χ3n) is 11.6. The van der Waals surface area contributed by atoms with Crippen molar-refractivity contribution in [1.82, 2.24) is 10.6 Å². The molecular formula is C64H96F3N5O15. The summed E-state index contributed by atoms with van der Waals surface area (Å²) in [5.74, 6) is -4.76.